The van der Waals surface area contributed by atoms with Crippen molar-refractivity contribution in [3.8, 4) is 5.75 Å². The summed E-state index contributed by atoms with van der Waals surface area (Å²) in [6.45, 7) is 0.842. The zero-order valence-corrected chi connectivity index (χ0v) is 13.2. The first kappa shape index (κ1) is 15.8. The molecule has 3 rings (SSSR count). The molecule has 0 radical (unpaired) electrons. The first-order valence-electron chi connectivity index (χ1n) is 8.17. The van der Waals surface area contributed by atoms with E-state index in [-0.39, 0.29) is 30.4 Å². The zero-order chi connectivity index (χ0) is 16.3. The van der Waals surface area contributed by atoms with E-state index in [4.69, 9.17) is 10.5 Å². The van der Waals surface area contributed by atoms with E-state index in [0.29, 0.717) is 18.8 Å². The number of para-hydroxylation sites is 2. The molecule has 1 aromatic rings. The Bertz CT molecular complexity index is 597. The van der Waals surface area contributed by atoms with Gasteiger partial charge in [0.05, 0.1) is 11.2 Å². The average Bonchev–Trinajstić information content (AvgIpc) is 3.03. The zero-order valence-electron chi connectivity index (χ0n) is 13.2. The minimum Gasteiger partial charge on any atom is -0.482 e. The van der Waals surface area contributed by atoms with Crippen molar-refractivity contribution in [2.24, 2.45) is 5.73 Å². The molecule has 6 nitrogen and oxygen atoms in total. The molecule has 1 aromatic carbocycles. The van der Waals surface area contributed by atoms with Crippen molar-refractivity contribution >= 4 is 17.5 Å². The molecule has 0 atom stereocenters. The van der Waals surface area contributed by atoms with E-state index in [9.17, 15) is 9.59 Å². The summed E-state index contributed by atoms with van der Waals surface area (Å²) in [6, 6.07) is 7.39. The summed E-state index contributed by atoms with van der Waals surface area (Å²) in [5.74, 6) is 0.516. The maximum Gasteiger partial charge on any atom is 0.265 e. The molecule has 0 unspecified atom stereocenters. The number of ether oxygens (including phenoxy) is 1. The Morgan fingerprint density at radius 1 is 1.30 bits per heavy atom. The summed E-state index contributed by atoms with van der Waals surface area (Å²) in [5, 5.41) is 3.09. The van der Waals surface area contributed by atoms with Crippen LogP contribution in [0.15, 0.2) is 24.3 Å². The number of nitrogens with zero attached hydrogens (tertiary/aromatic N) is 1. The Balaban J connectivity index is 1.62. The van der Waals surface area contributed by atoms with Crippen LogP contribution in [0.25, 0.3) is 0 Å². The molecule has 0 bridgehead atoms. The SMILES string of the molecule is NCC1(NC(=O)CCN2C(=O)COc3ccccc32)CCCC1. The molecule has 6 heteroatoms. The third-order valence-corrected chi connectivity index (χ3v) is 4.73. The number of nitrogens with two attached hydrogens (primary N) is 1. The van der Waals surface area contributed by atoms with E-state index >= 15 is 0 Å². The second kappa shape index (κ2) is 6.58. The van der Waals surface area contributed by atoms with Gasteiger partial charge in [-0.15, -0.1) is 0 Å². The van der Waals surface area contributed by atoms with Gasteiger partial charge in [-0.2, -0.15) is 0 Å². The van der Waals surface area contributed by atoms with E-state index < -0.39 is 0 Å². The molecule has 2 aliphatic rings. The average molecular weight is 317 g/mol. The number of fused-ring (bicyclic) bond motifs is 1. The number of hydrogen-bond donors (Lipinski definition) is 2. The van der Waals surface area contributed by atoms with Gasteiger partial charge in [0.15, 0.2) is 6.61 Å². The van der Waals surface area contributed by atoms with Crippen LogP contribution in [0.2, 0.25) is 0 Å². The summed E-state index contributed by atoms with van der Waals surface area (Å²) < 4.78 is 5.41. The van der Waals surface area contributed by atoms with Gasteiger partial charge >= 0.3 is 0 Å². The first-order valence-corrected chi connectivity index (χ1v) is 8.17. The largest absolute Gasteiger partial charge is 0.482 e. The second-order valence-electron chi connectivity index (χ2n) is 6.29. The highest BCUT2D eigenvalue weighted by Crippen LogP contribution is 2.32. The Morgan fingerprint density at radius 2 is 2.04 bits per heavy atom. The molecule has 1 fully saturated rings. The second-order valence-corrected chi connectivity index (χ2v) is 6.29. The molecule has 0 aromatic heterocycles. The van der Waals surface area contributed by atoms with E-state index in [1.807, 2.05) is 24.3 Å². The van der Waals surface area contributed by atoms with Crippen molar-refractivity contribution in [1.82, 2.24) is 5.32 Å². The van der Waals surface area contributed by atoms with Crippen LogP contribution in [0.1, 0.15) is 32.1 Å². The molecule has 0 saturated heterocycles. The number of amides is 2. The number of nitrogens with one attached hydrogen (secondary N) is 1. The van der Waals surface area contributed by atoms with E-state index in [0.717, 1.165) is 31.4 Å². The van der Waals surface area contributed by atoms with Gasteiger partial charge < -0.3 is 20.7 Å². The van der Waals surface area contributed by atoms with E-state index in [1.54, 1.807) is 4.90 Å². The summed E-state index contributed by atoms with van der Waals surface area (Å²) in [6.07, 6.45) is 4.35. The van der Waals surface area contributed by atoms with Crippen LogP contribution >= 0.6 is 0 Å². The van der Waals surface area contributed by atoms with Crippen molar-refractivity contribution in [1.29, 1.82) is 0 Å². The number of rotatable bonds is 5. The molecule has 23 heavy (non-hydrogen) atoms. The van der Waals surface area contributed by atoms with Crippen LogP contribution in [0.3, 0.4) is 0 Å². The van der Waals surface area contributed by atoms with Crippen LogP contribution in [-0.2, 0) is 9.59 Å². The molecular formula is C17H23N3O3. The highest BCUT2D eigenvalue weighted by Gasteiger charge is 2.34. The maximum atomic E-state index is 12.3. The normalized spacial score (nSPS) is 19.2. The summed E-state index contributed by atoms with van der Waals surface area (Å²) in [7, 11) is 0. The quantitative estimate of drug-likeness (QED) is 0.854. The van der Waals surface area contributed by atoms with Crippen LogP contribution < -0.4 is 20.7 Å². The lowest BCUT2D eigenvalue weighted by Gasteiger charge is -2.31. The van der Waals surface area contributed by atoms with Crippen LogP contribution in [0, 0.1) is 0 Å². The smallest absolute Gasteiger partial charge is 0.265 e. The van der Waals surface area contributed by atoms with Gasteiger partial charge in [-0.3, -0.25) is 9.59 Å². The van der Waals surface area contributed by atoms with Gasteiger partial charge in [-0.1, -0.05) is 25.0 Å². The molecule has 1 aliphatic carbocycles. The summed E-state index contributed by atoms with van der Waals surface area (Å²) in [5.41, 5.74) is 6.33. The van der Waals surface area contributed by atoms with Crippen molar-refractivity contribution in [2.75, 3.05) is 24.6 Å². The molecule has 1 heterocycles. The lowest BCUT2D eigenvalue weighted by Crippen LogP contribution is -2.52. The fourth-order valence-corrected chi connectivity index (χ4v) is 3.40. The summed E-state index contributed by atoms with van der Waals surface area (Å²) >= 11 is 0. The third-order valence-electron chi connectivity index (χ3n) is 4.73. The van der Waals surface area contributed by atoms with Crippen molar-refractivity contribution < 1.29 is 14.3 Å². The van der Waals surface area contributed by atoms with Gasteiger partial charge in [-0.25, -0.2) is 0 Å². The first-order chi connectivity index (χ1) is 11.1. The number of hydrogen-bond acceptors (Lipinski definition) is 4. The molecular weight excluding hydrogens is 294 g/mol. The molecule has 0 spiro atoms. The van der Waals surface area contributed by atoms with E-state index in [2.05, 4.69) is 5.32 Å². The number of carbonyl (C=O) groups is 2. The van der Waals surface area contributed by atoms with Gasteiger partial charge in [0.2, 0.25) is 5.91 Å². The molecule has 1 saturated carbocycles. The van der Waals surface area contributed by atoms with Gasteiger partial charge in [0.1, 0.15) is 5.75 Å². The minimum atomic E-state index is -0.246. The van der Waals surface area contributed by atoms with Crippen molar-refractivity contribution in [3.05, 3.63) is 24.3 Å². The Morgan fingerprint density at radius 3 is 2.78 bits per heavy atom. The molecule has 124 valence electrons. The van der Waals surface area contributed by atoms with Gasteiger partial charge in [-0.05, 0) is 25.0 Å². The van der Waals surface area contributed by atoms with Crippen LogP contribution in [0.4, 0.5) is 5.69 Å². The molecule has 3 N–H and O–H groups in total. The van der Waals surface area contributed by atoms with Crippen LogP contribution in [0.5, 0.6) is 5.75 Å². The van der Waals surface area contributed by atoms with Gasteiger partial charge in [0, 0.05) is 19.5 Å². The minimum absolute atomic E-state index is 0.0192. The Kier molecular flexibility index (Phi) is 4.52. The monoisotopic (exact) mass is 317 g/mol. The predicted molar refractivity (Wildman–Crippen MR) is 87.3 cm³/mol. The molecule has 1 aliphatic heterocycles. The van der Waals surface area contributed by atoms with Crippen LogP contribution in [-0.4, -0.2) is 37.0 Å². The van der Waals surface area contributed by atoms with Crippen molar-refractivity contribution in [3.63, 3.8) is 0 Å². The predicted octanol–water partition coefficient (Wildman–Crippen LogP) is 1.19. The molecule has 2 amide bonds. The highest BCUT2D eigenvalue weighted by molar-refractivity contribution is 5.98. The fourth-order valence-electron chi connectivity index (χ4n) is 3.40. The fraction of sp³-hybridized carbons (Fsp3) is 0.529. The topological polar surface area (TPSA) is 84.7 Å². The highest BCUT2D eigenvalue weighted by atomic mass is 16.5. The van der Waals surface area contributed by atoms with Crippen molar-refractivity contribution in [2.45, 2.75) is 37.6 Å². The maximum absolute atomic E-state index is 12.3. The van der Waals surface area contributed by atoms with Gasteiger partial charge in [0.25, 0.3) is 5.91 Å². The van der Waals surface area contributed by atoms with E-state index in [1.165, 1.54) is 0 Å². The lowest BCUT2D eigenvalue weighted by atomic mass is 9.97. The third kappa shape index (κ3) is 3.32. The number of anilines is 1. The summed E-state index contributed by atoms with van der Waals surface area (Å²) in [4.78, 5) is 26.0. The standard InChI is InChI=1S/C17H23N3O3/c18-12-17(8-3-4-9-17)19-15(21)7-10-20-13-5-1-2-6-14(13)23-11-16(20)22/h1-2,5-6H,3-4,7-12,18H2,(H,19,21). The number of carbonyl (C=O) groups excluding carboxylic acids is 2. The lowest BCUT2D eigenvalue weighted by molar-refractivity contribution is -0.123. The Hall–Kier alpha value is -2.08. The number of benzene rings is 1. The Labute approximate surface area is 136 Å².